The van der Waals surface area contributed by atoms with E-state index in [1.54, 1.807) is 0 Å². The summed E-state index contributed by atoms with van der Waals surface area (Å²) in [5, 5.41) is 0. The van der Waals surface area contributed by atoms with Crippen molar-refractivity contribution in [2.24, 2.45) is 0 Å². The molecule has 2 aliphatic heterocycles. The van der Waals surface area contributed by atoms with E-state index in [1.165, 1.54) is 5.56 Å². The van der Waals surface area contributed by atoms with E-state index in [-0.39, 0.29) is 5.91 Å². The number of carbonyl (C=O) groups excluding carboxylic acids is 1. The Morgan fingerprint density at radius 3 is 2.04 bits per heavy atom. The maximum atomic E-state index is 12.5. The van der Waals surface area contributed by atoms with Crippen LogP contribution in [0.2, 0.25) is 0 Å². The zero-order chi connectivity index (χ0) is 16.2. The van der Waals surface area contributed by atoms with E-state index < -0.39 is 0 Å². The summed E-state index contributed by atoms with van der Waals surface area (Å²) in [6.45, 7) is 5.93. The van der Waals surface area contributed by atoms with E-state index in [1.807, 2.05) is 36.1 Å². The molecule has 1 amide bonds. The average Bonchev–Trinajstić information content (AvgIpc) is 2.58. The van der Waals surface area contributed by atoms with Crippen LogP contribution in [0.4, 0.5) is 0 Å². The SMILES string of the molecule is Cc1ccc(C(=O)N2CCC(OC3CCN(C)CC3)CC2)cc1. The summed E-state index contributed by atoms with van der Waals surface area (Å²) in [5.41, 5.74) is 1.98. The fourth-order valence-electron chi connectivity index (χ4n) is 3.47. The minimum Gasteiger partial charge on any atom is -0.375 e. The van der Waals surface area contributed by atoms with Crippen molar-refractivity contribution in [1.29, 1.82) is 0 Å². The number of hydrogen-bond acceptors (Lipinski definition) is 3. The number of benzene rings is 1. The number of nitrogens with zero attached hydrogens (tertiary/aromatic N) is 2. The Hall–Kier alpha value is -1.39. The molecule has 23 heavy (non-hydrogen) atoms. The number of aryl methyl sites for hydroxylation is 1. The van der Waals surface area contributed by atoms with Gasteiger partial charge in [-0.15, -0.1) is 0 Å². The molecule has 3 rings (SSSR count). The van der Waals surface area contributed by atoms with E-state index in [0.717, 1.165) is 57.4 Å². The Morgan fingerprint density at radius 2 is 1.48 bits per heavy atom. The van der Waals surface area contributed by atoms with Gasteiger partial charge in [0, 0.05) is 31.7 Å². The number of amides is 1. The van der Waals surface area contributed by atoms with Crippen molar-refractivity contribution in [3.63, 3.8) is 0 Å². The quantitative estimate of drug-likeness (QED) is 0.859. The Bertz CT molecular complexity index is 513. The molecule has 0 bridgehead atoms. The van der Waals surface area contributed by atoms with Crippen LogP contribution in [0.25, 0.3) is 0 Å². The van der Waals surface area contributed by atoms with Gasteiger partial charge >= 0.3 is 0 Å². The second-order valence-electron chi connectivity index (χ2n) is 7.00. The maximum absolute atomic E-state index is 12.5. The van der Waals surface area contributed by atoms with E-state index in [2.05, 4.69) is 11.9 Å². The van der Waals surface area contributed by atoms with Crippen molar-refractivity contribution in [1.82, 2.24) is 9.80 Å². The van der Waals surface area contributed by atoms with Crippen molar-refractivity contribution in [2.45, 2.75) is 44.8 Å². The molecule has 4 nitrogen and oxygen atoms in total. The Kier molecular flexibility index (Phi) is 5.34. The molecule has 1 aromatic carbocycles. The summed E-state index contributed by atoms with van der Waals surface area (Å²) in [5.74, 6) is 0.155. The lowest BCUT2D eigenvalue weighted by Crippen LogP contribution is -2.43. The number of rotatable bonds is 3. The van der Waals surface area contributed by atoms with Crippen LogP contribution in [0.5, 0.6) is 0 Å². The van der Waals surface area contributed by atoms with Gasteiger partial charge in [0.15, 0.2) is 0 Å². The molecule has 0 N–H and O–H groups in total. The van der Waals surface area contributed by atoms with E-state index in [0.29, 0.717) is 12.2 Å². The highest BCUT2D eigenvalue weighted by molar-refractivity contribution is 5.94. The van der Waals surface area contributed by atoms with Gasteiger partial charge in [-0.2, -0.15) is 0 Å². The minimum absolute atomic E-state index is 0.155. The largest absolute Gasteiger partial charge is 0.375 e. The van der Waals surface area contributed by atoms with Crippen LogP contribution in [-0.2, 0) is 4.74 Å². The second-order valence-corrected chi connectivity index (χ2v) is 7.00. The molecule has 0 radical (unpaired) electrons. The van der Waals surface area contributed by atoms with Crippen molar-refractivity contribution in [3.05, 3.63) is 35.4 Å². The third-order valence-corrected chi connectivity index (χ3v) is 5.08. The van der Waals surface area contributed by atoms with Crippen molar-refractivity contribution in [2.75, 3.05) is 33.2 Å². The fourth-order valence-corrected chi connectivity index (χ4v) is 3.47. The molecule has 0 aromatic heterocycles. The second kappa shape index (κ2) is 7.45. The zero-order valence-corrected chi connectivity index (χ0v) is 14.3. The van der Waals surface area contributed by atoms with Gasteiger partial charge in [-0.05, 0) is 51.8 Å². The molecule has 126 valence electrons. The molecule has 2 heterocycles. The van der Waals surface area contributed by atoms with Gasteiger partial charge in [0.2, 0.25) is 0 Å². The molecule has 0 atom stereocenters. The van der Waals surface area contributed by atoms with E-state index >= 15 is 0 Å². The summed E-state index contributed by atoms with van der Waals surface area (Å²) < 4.78 is 6.27. The van der Waals surface area contributed by atoms with Gasteiger partial charge in [0.25, 0.3) is 5.91 Å². The molecule has 0 aliphatic carbocycles. The van der Waals surface area contributed by atoms with Crippen LogP contribution >= 0.6 is 0 Å². The Labute approximate surface area is 139 Å². The fraction of sp³-hybridized carbons (Fsp3) is 0.632. The molecule has 0 saturated carbocycles. The third-order valence-electron chi connectivity index (χ3n) is 5.08. The minimum atomic E-state index is 0.155. The lowest BCUT2D eigenvalue weighted by molar-refractivity contribution is -0.0599. The molecular weight excluding hydrogens is 288 g/mol. The average molecular weight is 316 g/mol. The van der Waals surface area contributed by atoms with Gasteiger partial charge in [0.05, 0.1) is 12.2 Å². The summed E-state index contributed by atoms with van der Waals surface area (Å²) >= 11 is 0. The van der Waals surface area contributed by atoms with Crippen LogP contribution < -0.4 is 0 Å². The summed E-state index contributed by atoms with van der Waals surface area (Å²) in [7, 11) is 2.17. The normalized spacial score (nSPS) is 21.6. The molecule has 4 heteroatoms. The van der Waals surface area contributed by atoms with Crippen LogP contribution in [-0.4, -0.2) is 61.1 Å². The zero-order valence-electron chi connectivity index (χ0n) is 14.3. The summed E-state index contributed by atoms with van der Waals surface area (Å²) in [6.07, 6.45) is 4.94. The maximum Gasteiger partial charge on any atom is 0.253 e. The Morgan fingerprint density at radius 1 is 0.957 bits per heavy atom. The number of piperidine rings is 2. The monoisotopic (exact) mass is 316 g/mol. The van der Waals surface area contributed by atoms with Crippen molar-refractivity contribution >= 4 is 5.91 Å². The van der Waals surface area contributed by atoms with Crippen LogP contribution in [0.3, 0.4) is 0 Å². The number of carbonyl (C=O) groups is 1. The molecule has 2 saturated heterocycles. The predicted octanol–water partition coefficient (Wildman–Crippen LogP) is 2.71. The Balaban J connectivity index is 1.46. The van der Waals surface area contributed by atoms with E-state index in [9.17, 15) is 4.79 Å². The number of hydrogen-bond donors (Lipinski definition) is 0. The van der Waals surface area contributed by atoms with Crippen molar-refractivity contribution < 1.29 is 9.53 Å². The lowest BCUT2D eigenvalue weighted by Gasteiger charge is -2.36. The summed E-state index contributed by atoms with van der Waals surface area (Å²) in [4.78, 5) is 16.9. The number of ether oxygens (including phenoxy) is 1. The van der Waals surface area contributed by atoms with Gasteiger partial charge in [-0.25, -0.2) is 0 Å². The molecule has 2 fully saturated rings. The first-order valence-electron chi connectivity index (χ1n) is 8.82. The first-order chi connectivity index (χ1) is 11.1. The highest BCUT2D eigenvalue weighted by Crippen LogP contribution is 2.21. The van der Waals surface area contributed by atoms with Gasteiger partial charge in [-0.3, -0.25) is 4.79 Å². The highest BCUT2D eigenvalue weighted by atomic mass is 16.5. The standard InChI is InChI=1S/C19H28N2O2/c1-15-3-5-16(6-4-15)19(22)21-13-9-18(10-14-21)23-17-7-11-20(2)12-8-17/h3-6,17-18H,7-14H2,1-2H3. The van der Waals surface area contributed by atoms with Crippen molar-refractivity contribution in [3.8, 4) is 0 Å². The lowest BCUT2D eigenvalue weighted by atomic mass is 10.0. The topological polar surface area (TPSA) is 32.8 Å². The van der Waals surface area contributed by atoms with Crippen LogP contribution in [0, 0.1) is 6.92 Å². The van der Waals surface area contributed by atoms with Gasteiger partial charge in [-0.1, -0.05) is 17.7 Å². The van der Waals surface area contributed by atoms with Crippen LogP contribution in [0.15, 0.2) is 24.3 Å². The molecule has 1 aromatic rings. The van der Waals surface area contributed by atoms with Crippen LogP contribution in [0.1, 0.15) is 41.6 Å². The first kappa shape index (κ1) is 16.5. The smallest absolute Gasteiger partial charge is 0.253 e. The van der Waals surface area contributed by atoms with Gasteiger partial charge in [0.1, 0.15) is 0 Å². The first-order valence-corrected chi connectivity index (χ1v) is 8.82. The third kappa shape index (κ3) is 4.33. The highest BCUT2D eigenvalue weighted by Gasteiger charge is 2.27. The predicted molar refractivity (Wildman–Crippen MR) is 91.7 cm³/mol. The molecular formula is C19H28N2O2. The molecule has 2 aliphatic rings. The van der Waals surface area contributed by atoms with E-state index in [4.69, 9.17) is 4.74 Å². The van der Waals surface area contributed by atoms with Gasteiger partial charge < -0.3 is 14.5 Å². The summed E-state index contributed by atoms with van der Waals surface area (Å²) in [6, 6.07) is 7.87. The number of likely N-dealkylation sites (tertiary alicyclic amines) is 2. The molecule has 0 spiro atoms. The molecule has 0 unspecified atom stereocenters.